The second kappa shape index (κ2) is 5.59. The maximum Gasteiger partial charge on any atom is 0.227 e. The lowest BCUT2D eigenvalue weighted by Gasteiger charge is -2.09. The zero-order valence-corrected chi connectivity index (χ0v) is 11.1. The second-order valence-electron chi connectivity index (χ2n) is 4.41. The molecule has 0 unspecified atom stereocenters. The Balaban J connectivity index is 1.58. The summed E-state index contributed by atoms with van der Waals surface area (Å²) in [7, 11) is 0. The lowest BCUT2D eigenvalue weighted by atomic mass is 10.1. The molecule has 19 heavy (non-hydrogen) atoms. The van der Waals surface area contributed by atoms with E-state index in [9.17, 15) is 0 Å². The van der Waals surface area contributed by atoms with Crippen molar-refractivity contribution in [2.45, 2.75) is 19.4 Å². The van der Waals surface area contributed by atoms with Gasteiger partial charge in [0.2, 0.25) is 5.89 Å². The highest BCUT2D eigenvalue weighted by Crippen LogP contribution is 2.32. The number of hydrogen-bond donors (Lipinski definition) is 1. The molecular weight excluding hydrogens is 266 g/mol. The Labute approximate surface area is 115 Å². The molecule has 0 aliphatic carbocycles. The van der Waals surface area contributed by atoms with E-state index in [2.05, 4.69) is 15.5 Å². The van der Waals surface area contributed by atoms with E-state index in [4.69, 9.17) is 20.9 Å². The summed E-state index contributed by atoms with van der Waals surface area (Å²) < 4.78 is 10.6. The van der Waals surface area contributed by atoms with E-state index >= 15 is 0 Å². The number of fused-ring (bicyclic) bond motifs is 1. The van der Waals surface area contributed by atoms with E-state index in [1.54, 1.807) is 0 Å². The van der Waals surface area contributed by atoms with Crippen molar-refractivity contribution in [3.63, 3.8) is 0 Å². The molecule has 0 fully saturated rings. The average Bonchev–Trinajstić information content (AvgIpc) is 3.04. The van der Waals surface area contributed by atoms with Gasteiger partial charge in [0.1, 0.15) is 5.75 Å². The van der Waals surface area contributed by atoms with Gasteiger partial charge in [0, 0.05) is 36.5 Å². The Kier molecular flexibility index (Phi) is 3.66. The van der Waals surface area contributed by atoms with Crippen molar-refractivity contribution >= 4 is 11.6 Å². The SMILES string of the molecule is Clc1cc2c(c(CNCCc3ncno3)c1)OCC2. The fourth-order valence-electron chi connectivity index (χ4n) is 2.20. The normalized spacial score (nSPS) is 13.3. The molecule has 2 aromatic rings. The summed E-state index contributed by atoms with van der Waals surface area (Å²) in [6.07, 6.45) is 3.06. The van der Waals surface area contributed by atoms with Gasteiger partial charge in [-0.15, -0.1) is 0 Å². The van der Waals surface area contributed by atoms with E-state index in [0.29, 0.717) is 12.3 Å². The van der Waals surface area contributed by atoms with Crippen LogP contribution in [-0.4, -0.2) is 23.3 Å². The number of ether oxygens (including phenoxy) is 1. The summed E-state index contributed by atoms with van der Waals surface area (Å²) in [5.41, 5.74) is 2.30. The number of aromatic nitrogens is 2. The molecule has 5 nitrogen and oxygen atoms in total. The van der Waals surface area contributed by atoms with Gasteiger partial charge in [0.05, 0.1) is 6.61 Å². The summed E-state index contributed by atoms with van der Waals surface area (Å²) in [6.45, 7) is 2.23. The molecule has 0 amide bonds. The van der Waals surface area contributed by atoms with Crippen molar-refractivity contribution in [2.24, 2.45) is 0 Å². The monoisotopic (exact) mass is 279 g/mol. The lowest BCUT2D eigenvalue weighted by molar-refractivity contribution is 0.352. The molecule has 100 valence electrons. The molecule has 6 heteroatoms. The predicted molar refractivity (Wildman–Crippen MR) is 70.4 cm³/mol. The van der Waals surface area contributed by atoms with Gasteiger partial charge >= 0.3 is 0 Å². The number of rotatable bonds is 5. The van der Waals surface area contributed by atoms with Crippen molar-refractivity contribution in [1.29, 1.82) is 0 Å². The van der Waals surface area contributed by atoms with Crippen LogP contribution in [0.15, 0.2) is 23.0 Å². The minimum Gasteiger partial charge on any atom is -0.493 e. The second-order valence-corrected chi connectivity index (χ2v) is 4.85. The maximum atomic E-state index is 6.11. The largest absolute Gasteiger partial charge is 0.493 e. The number of halogens is 1. The first-order valence-electron chi connectivity index (χ1n) is 6.23. The van der Waals surface area contributed by atoms with Crippen molar-refractivity contribution in [3.05, 3.63) is 40.5 Å². The molecule has 3 rings (SSSR count). The zero-order chi connectivity index (χ0) is 13.1. The third-order valence-corrected chi connectivity index (χ3v) is 3.28. The fraction of sp³-hybridized carbons (Fsp3) is 0.385. The van der Waals surface area contributed by atoms with E-state index in [-0.39, 0.29) is 0 Å². The fourth-order valence-corrected chi connectivity index (χ4v) is 2.47. The van der Waals surface area contributed by atoms with Gasteiger partial charge in [0.25, 0.3) is 0 Å². The van der Waals surface area contributed by atoms with E-state index in [1.165, 1.54) is 11.9 Å². The molecule has 1 aliphatic rings. The van der Waals surface area contributed by atoms with E-state index in [1.807, 2.05) is 12.1 Å². The number of benzene rings is 1. The first kappa shape index (κ1) is 12.4. The molecule has 2 heterocycles. The molecule has 1 aromatic carbocycles. The van der Waals surface area contributed by atoms with Crippen LogP contribution in [0.25, 0.3) is 0 Å². The van der Waals surface area contributed by atoms with Crippen molar-refractivity contribution in [1.82, 2.24) is 15.5 Å². The zero-order valence-electron chi connectivity index (χ0n) is 10.4. The Bertz CT molecular complexity index is 557. The number of nitrogens with one attached hydrogen (secondary N) is 1. The minimum atomic E-state index is 0.639. The van der Waals surface area contributed by atoms with Crippen LogP contribution in [0.5, 0.6) is 5.75 Å². The van der Waals surface area contributed by atoms with Crippen LogP contribution in [0.3, 0.4) is 0 Å². The first-order chi connectivity index (χ1) is 9.33. The van der Waals surface area contributed by atoms with Crippen molar-refractivity contribution in [3.8, 4) is 5.75 Å². The Morgan fingerprint density at radius 3 is 3.16 bits per heavy atom. The average molecular weight is 280 g/mol. The lowest BCUT2D eigenvalue weighted by Crippen LogP contribution is -2.17. The van der Waals surface area contributed by atoms with Crippen LogP contribution in [0.1, 0.15) is 17.0 Å². The summed E-state index contributed by atoms with van der Waals surface area (Å²) in [5.74, 6) is 1.62. The van der Waals surface area contributed by atoms with Crippen LogP contribution >= 0.6 is 11.6 Å². The van der Waals surface area contributed by atoms with Crippen LogP contribution in [0.2, 0.25) is 5.02 Å². The molecule has 0 saturated carbocycles. The van der Waals surface area contributed by atoms with Crippen LogP contribution < -0.4 is 10.1 Å². The van der Waals surface area contributed by atoms with Crippen molar-refractivity contribution in [2.75, 3.05) is 13.2 Å². The van der Waals surface area contributed by atoms with E-state index in [0.717, 1.165) is 42.5 Å². The van der Waals surface area contributed by atoms with Crippen molar-refractivity contribution < 1.29 is 9.26 Å². The molecule has 0 radical (unpaired) electrons. The van der Waals surface area contributed by atoms with Crippen LogP contribution in [-0.2, 0) is 19.4 Å². The molecule has 0 spiro atoms. The van der Waals surface area contributed by atoms with Gasteiger partial charge in [-0.05, 0) is 17.7 Å². The maximum absolute atomic E-state index is 6.11. The molecular formula is C13H14ClN3O2. The topological polar surface area (TPSA) is 60.2 Å². The standard InChI is InChI=1S/C13H14ClN3O2/c14-11-5-9-2-4-18-13(9)10(6-11)7-15-3-1-12-16-8-17-19-12/h5-6,8,15H,1-4,7H2. The van der Waals surface area contributed by atoms with Gasteiger partial charge in [0.15, 0.2) is 6.33 Å². The van der Waals surface area contributed by atoms with Crippen LogP contribution in [0.4, 0.5) is 0 Å². The summed E-state index contributed by atoms with van der Waals surface area (Å²) in [6, 6.07) is 3.93. The van der Waals surface area contributed by atoms with Gasteiger partial charge < -0.3 is 14.6 Å². The summed E-state index contributed by atoms with van der Waals surface area (Å²) in [4.78, 5) is 3.97. The minimum absolute atomic E-state index is 0.639. The Morgan fingerprint density at radius 2 is 2.32 bits per heavy atom. The molecule has 0 atom stereocenters. The predicted octanol–water partition coefficient (Wildman–Crippen LogP) is 1.99. The summed E-state index contributed by atoms with van der Waals surface area (Å²) in [5, 5.41) is 7.66. The third kappa shape index (κ3) is 2.88. The van der Waals surface area contributed by atoms with Crippen LogP contribution in [0, 0.1) is 0 Å². The molecule has 1 N–H and O–H groups in total. The first-order valence-corrected chi connectivity index (χ1v) is 6.61. The van der Waals surface area contributed by atoms with Gasteiger partial charge in [-0.1, -0.05) is 16.8 Å². The molecule has 0 saturated heterocycles. The Hall–Kier alpha value is -1.59. The van der Waals surface area contributed by atoms with Gasteiger partial charge in [-0.3, -0.25) is 0 Å². The third-order valence-electron chi connectivity index (χ3n) is 3.06. The quantitative estimate of drug-likeness (QED) is 0.848. The number of nitrogens with zero attached hydrogens (tertiary/aromatic N) is 2. The van der Waals surface area contributed by atoms with Gasteiger partial charge in [-0.25, -0.2) is 0 Å². The number of hydrogen-bond acceptors (Lipinski definition) is 5. The Morgan fingerprint density at radius 1 is 1.37 bits per heavy atom. The molecule has 0 bridgehead atoms. The van der Waals surface area contributed by atoms with Gasteiger partial charge in [-0.2, -0.15) is 4.98 Å². The highest BCUT2D eigenvalue weighted by atomic mass is 35.5. The summed E-state index contributed by atoms with van der Waals surface area (Å²) >= 11 is 6.11. The molecule has 1 aromatic heterocycles. The molecule has 1 aliphatic heterocycles. The highest BCUT2D eigenvalue weighted by Gasteiger charge is 2.17. The smallest absolute Gasteiger partial charge is 0.227 e. The van der Waals surface area contributed by atoms with E-state index < -0.39 is 0 Å². The highest BCUT2D eigenvalue weighted by molar-refractivity contribution is 6.30.